The Balaban J connectivity index is 2.71. The second-order valence-corrected chi connectivity index (χ2v) is 3.62. The highest BCUT2D eigenvalue weighted by molar-refractivity contribution is 5.90. The summed E-state index contributed by atoms with van der Waals surface area (Å²) in [5, 5.41) is 0.991. The Labute approximate surface area is 94.3 Å². The first-order valence-electron chi connectivity index (χ1n) is 5.54. The van der Waals surface area contributed by atoms with E-state index in [1.54, 1.807) is 6.07 Å². The van der Waals surface area contributed by atoms with Gasteiger partial charge >= 0.3 is 5.63 Å². The van der Waals surface area contributed by atoms with Crippen LogP contribution < -0.4 is 10.5 Å². The third kappa shape index (κ3) is 1.81. The number of benzene rings is 1. The largest absolute Gasteiger partial charge is 0.423 e. The lowest BCUT2D eigenvalue weighted by atomic mass is 10.2. The summed E-state index contributed by atoms with van der Waals surface area (Å²) >= 11 is 0. The second kappa shape index (κ2) is 4.39. The number of fused-ring (bicyclic) bond motifs is 1. The standard InChI is InChI=1S/C13H15NO2/c1-3-14(4-2)11-9-13(15)16-12-8-6-5-7-10(11)12/h5-9H,3-4H2,1-2H3. The van der Waals surface area contributed by atoms with Gasteiger partial charge in [0.1, 0.15) is 5.58 Å². The first-order valence-corrected chi connectivity index (χ1v) is 5.54. The summed E-state index contributed by atoms with van der Waals surface area (Å²) in [6.45, 7) is 5.91. The minimum Gasteiger partial charge on any atom is -0.423 e. The Morgan fingerprint density at radius 3 is 2.56 bits per heavy atom. The number of hydrogen-bond acceptors (Lipinski definition) is 3. The molecule has 1 aromatic heterocycles. The van der Waals surface area contributed by atoms with Crippen LogP contribution in [-0.4, -0.2) is 13.1 Å². The van der Waals surface area contributed by atoms with Gasteiger partial charge in [0, 0.05) is 24.5 Å². The van der Waals surface area contributed by atoms with Crippen LogP contribution in [0.1, 0.15) is 13.8 Å². The van der Waals surface area contributed by atoms with Gasteiger partial charge in [-0.25, -0.2) is 4.79 Å². The third-order valence-electron chi connectivity index (χ3n) is 2.73. The molecule has 2 rings (SSSR count). The lowest BCUT2D eigenvalue weighted by Gasteiger charge is -2.21. The van der Waals surface area contributed by atoms with Gasteiger partial charge < -0.3 is 9.32 Å². The third-order valence-corrected chi connectivity index (χ3v) is 2.73. The van der Waals surface area contributed by atoms with Gasteiger partial charge in [-0.3, -0.25) is 0 Å². The van der Waals surface area contributed by atoms with E-state index in [0.29, 0.717) is 5.58 Å². The van der Waals surface area contributed by atoms with Crippen LogP contribution in [0.25, 0.3) is 11.0 Å². The second-order valence-electron chi connectivity index (χ2n) is 3.62. The summed E-state index contributed by atoms with van der Waals surface area (Å²) in [5.74, 6) is 0. The van der Waals surface area contributed by atoms with Crippen LogP contribution in [0.3, 0.4) is 0 Å². The van der Waals surface area contributed by atoms with E-state index < -0.39 is 0 Å². The van der Waals surface area contributed by atoms with Crippen molar-refractivity contribution in [2.45, 2.75) is 13.8 Å². The molecule has 0 spiro atoms. The van der Waals surface area contributed by atoms with Crippen molar-refractivity contribution in [3.05, 3.63) is 40.8 Å². The van der Waals surface area contributed by atoms with Crippen molar-refractivity contribution in [2.24, 2.45) is 0 Å². The molecule has 84 valence electrons. The van der Waals surface area contributed by atoms with Crippen LogP contribution in [0.2, 0.25) is 0 Å². The van der Waals surface area contributed by atoms with Gasteiger partial charge in [-0.15, -0.1) is 0 Å². The van der Waals surface area contributed by atoms with E-state index in [0.717, 1.165) is 24.2 Å². The zero-order valence-electron chi connectivity index (χ0n) is 9.56. The summed E-state index contributed by atoms with van der Waals surface area (Å²) in [4.78, 5) is 13.6. The van der Waals surface area contributed by atoms with Crippen LogP contribution in [0.5, 0.6) is 0 Å². The minimum absolute atomic E-state index is 0.291. The van der Waals surface area contributed by atoms with Crippen LogP contribution in [0.4, 0.5) is 5.69 Å². The maximum atomic E-state index is 11.4. The first-order chi connectivity index (χ1) is 7.76. The van der Waals surface area contributed by atoms with Gasteiger partial charge in [0.25, 0.3) is 0 Å². The molecule has 0 radical (unpaired) electrons. The number of anilines is 1. The summed E-state index contributed by atoms with van der Waals surface area (Å²) in [6.07, 6.45) is 0. The SMILES string of the molecule is CCN(CC)c1cc(=O)oc2ccccc12. The molecule has 0 amide bonds. The van der Waals surface area contributed by atoms with Crippen LogP contribution in [-0.2, 0) is 0 Å². The number of para-hydroxylation sites is 1. The number of nitrogens with zero attached hydrogens (tertiary/aromatic N) is 1. The monoisotopic (exact) mass is 217 g/mol. The average Bonchev–Trinajstić information content (AvgIpc) is 2.30. The topological polar surface area (TPSA) is 33.5 Å². The molecular weight excluding hydrogens is 202 g/mol. The maximum Gasteiger partial charge on any atom is 0.338 e. The van der Waals surface area contributed by atoms with Crippen molar-refractivity contribution in [3.8, 4) is 0 Å². The minimum atomic E-state index is -0.291. The molecule has 0 saturated carbocycles. The van der Waals surface area contributed by atoms with Crippen molar-refractivity contribution < 1.29 is 4.42 Å². The van der Waals surface area contributed by atoms with Gasteiger partial charge in [0.2, 0.25) is 0 Å². The molecule has 0 unspecified atom stereocenters. The molecule has 0 aliphatic heterocycles. The van der Waals surface area contributed by atoms with Crippen molar-refractivity contribution >= 4 is 16.7 Å². The van der Waals surface area contributed by atoms with Crippen molar-refractivity contribution in [3.63, 3.8) is 0 Å². The fourth-order valence-electron chi connectivity index (χ4n) is 1.92. The normalized spacial score (nSPS) is 10.6. The van der Waals surface area contributed by atoms with Crippen molar-refractivity contribution in [1.82, 2.24) is 0 Å². The van der Waals surface area contributed by atoms with Gasteiger partial charge in [-0.2, -0.15) is 0 Å². The van der Waals surface area contributed by atoms with Gasteiger partial charge in [-0.1, -0.05) is 12.1 Å². The quantitative estimate of drug-likeness (QED) is 0.741. The van der Waals surface area contributed by atoms with E-state index in [1.807, 2.05) is 24.3 Å². The van der Waals surface area contributed by atoms with E-state index in [-0.39, 0.29) is 5.63 Å². The number of hydrogen-bond donors (Lipinski definition) is 0. The molecule has 0 fully saturated rings. The molecular formula is C13H15NO2. The van der Waals surface area contributed by atoms with E-state index >= 15 is 0 Å². The summed E-state index contributed by atoms with van der Waals surface area (Å²) < 4.78 is 5.16. The highest BCUT2D eigenvalue weighted by Crippen LogP contribution is 2.24. The summed E-state index contributed by atoms with van der Waals surface area (Å²) in [7, 11) is 0. The molecule has 3 heteroatoms. The Morgan fingerprint density at radius 2 is 1.88 bits per heavy atom. The van der Waals surface area contributed by atoms with E-state index in [2.05, 4.69) is 18.7 Å². The zero-order chi connectivity index (χ0) is 11.5. The summed E-state index contributed by atoms with van der Waals surface area (Å²) in [6, 6.07) is 9.19. The van der Waals surface area contributed by atoms with Crippen molar-refractivity contribution in [1.29, 1.82) is 0 Å². The zero-order valence-corrected chi connectivity index (χ0v) is 9.56. The predicted molar refractivity (Wildman–Crippen MR) is 66.0 cm³/mol. The first kappa shape index (κ1) is 10.7. The molecule has 2 aromatic rings. The highest BCUT2D eigenvalue weighted by Gasteiger charge is 2.09. The van der Waals surface area contributed by atoms with E-state index in [9.17, 15) is 4.79 Å². The Kier molecular flexibility index (Phi) is 2.95. The molecule has 0 saturated heterocycles. The lowest BCUT2D eigenvalue weighted by Crippen LogP contribution is -2.23. The summed E-state index contributed by atoms with van der Waals surface area (Å²) in [5.41, 5.74) is 1.31. The molecule has 0 aliphatic rings. The van der Waals surface area contributed by atoms with Gasteiger partial charge in [0.15, 0.2) is 0 Å². The fraction of sp³-hybridized carbons (Fsp3) is 0.308. The van der Waals surface area contributed by atoms with E-state index in [4.69, 9.17) is 4.42 Å². The Bertz CT molecular complexity index is 541. The van der Waals surface area contributed by atoms with Gasteiger partial charge in [0.05, 0.1) is 5.69 Å². The number of rotatable bonds is 3. The molecule has 16 heavy (non-hydrogen) atoms. The molecule has 0 N–H and O–H groups in total. The molecule has 3 nitrogen and oxygen atoms in total. The molecule has 0 atom stereocenters. The maximum absolute atomic E-state index is 11.4. The van der Waals surface area contributed by atoms with E-state index in [1.165, 1.54) is 0 Å². The molecule has 0 aliphatic carbocycles. The van der Waals surface area contributed by atoms with Crippen LogP contribution >= 0.6 is 0 Å². The smallest absolute Gasteiger partial charge is 0.338 e. The van der Waals surface area contributed by atoms with Gasteiger partial charge in [-0.05, 0) is 26.0 Å². The van der Waals surface area contributed by atoms with Crippen LogP contribution in [0, 0.1) is 0 Å². The molecule has 0 bridgehead atoms. The lowest BCUT2D eigenvalue weighted by molar-refractivity contribution is 0.560. The fourth-order valence-corrected chi connectivity index (χ4v) is 1.92. The Hall–Kier alpha value is -1.77. The molecule has 1 aromatic carbocycles. The highest BCUT2D eigenvalue weighted by atomic mass is 16.4. The Morgan fingerprint density at radius 1 is 1.19 bits per heavy atom. The predicted octanol–water partition coefficient (Wildman–Crippen LogP) is 2.64. The molecule has 1 heterocycles. The average molecular weight is 217 g/mol. The van der Waals surface area contributed by atoms with Crippen molar-refractivity contribution in [2.75, 3.05) is 18.0 Å². The van der Waals surface area contributed by atoms with Crippen LogP contribution in [0.15, 0.2) is 39.5 Å².